The number of anilines is 2. The maximum Gasteiger partial charge on any atom is 0.254 e. The van der Waals surface area contributed by atoms with Crippen molar-refractivity contribution in [2.45, 2.75) is 20.8 Å². The van der Waals surface area contributed by atoms with Gasteiger partial charge < -0.3 is 15.1 Å². The number of halogens is 1. The van der Waals surface area contributed by atoms with Crippen LogP contribution < -0.4 is 5.32 Å². The second-order valence-electron chi connectivity index (χ2n) is 10.7. The van der Waals surface area contributed by atoms with Crippen molar-refractivity contribution in [2.75, 3.05) is 31.5 Å². The van der Waals surface area contributed by atoms with Crippen LogP contribution in [0, 0.1) is 18.7 Å². The standard InChI is InChI=1S/C32H30FN5O2S/c1-19(2)31(39)37-10-12-38(13-11-37)32(40)23-17-26(33)24(14-20(23)3)21-4-6-27-25(15-21)28(8-9-34-27)36-22-5-7-30-29(16-22)35-18-41-30/h4-9,14-19H,10-13H2,1-3H3,(H,34,36). The van der Waals surface area contributed by atoms with E-state index in [1.54, 1.807) is 33.4 Å². The van der Waals surface area contributed by atoms with Gasteiger partial charge in [0.1, 0.15) is 5.82 Å². The van der Waals surface area contributed by atoms with Crippen molar-refractivity contribution in [3.63, 3.8) is 0 Å². The topological polar surface area (TPSA) is 78.4 Å². The second kappa shape index (κ2) is 10.9. The molecule has 41 heavy (non-hydrogen) atoms. The Hall–Kier alpha value is -4.37. The molecule has 1 saturated heterocycles. The molecule has 0 radical (unpaired) electrons. The molecule has 2 amide bonds. The number of carbonyl (C=O) groups is 2. The number of hydrogen-bond donors (Lipinski definition) is 1. The highest BCUT2D eigenvalue weighted by atomic mass is 32.1. The van der Waals surface area contributed by atoms with E-state index in [2.05, 4.69) is 15.3 Å². The molecule has 1 aliphatic heterocycles. The number of benzene rings is 3. The van der Waals surface area contributed by atoms with E-state index in [0.29, 0.717) is 48.4 Å². The number of aryl methyl sites for hydroxylation is 1. The van der Waals surface area contributed by atoms with Crippen molar-refractivity contribution in [2.24, 2.45) is 5.92 Å². The zero-order chi connectivity index (χ0) is 28.7. The maximum atomic E-state index is 15.6. The first kappa shape index (κ1) is 26.8. The average Bonchev–Trinajstić information content (AvgIpc) is 3.45. The minimum absolute atomic E-state index is 0.0771. The predicted molar refractivity (Wildman–Crippen MR) is 162 cm³/mol. The lowest BCUT2D eigenvalue weighted by Gasteiger charge is -2.35. The van der Waals surface area contributed by atoms with Gasteiger partial charge >= 0.3 is 0 Å². The van der Waals surface area contributed by atoms with Gasteiger partial charge in [0.2, 0.25) is 5.91 Å². The van der Waals surface area contributed by atoms with E-state index >= 15 is 4.39 Å². The van der Waals surface area contributed by atoms with Crippen LogP contribution >= 0.6 is 11.3 Å². The van der Waals surface area contributed by atoms with Crippen LogP contribution in [0.3, 0.4) is 0 Å². The highest BCUT2D eigenvalue weighted by molar-refractivity contribution is 7.16. The molecule has 3 heterocycles. The van der Waals surface area contributed by atoms with Crippen LogP contribution in [0.25, 0.3) is 32.2 Å². The second-order valence-corrected chi connectivity index (χ2v) is 11.6. The number of hydrogen-bond acceptors (Lipinski definition) is 6. The Kier molecular flexibility index (Phi) is 7.13. The fourth-order valence-corrected chi connectivity index (χ4v) is 5.97. The van der Waals surface area contributed by atoms with Crippen LogP contribution in [0.2, 0.25) is 0 Å². The average molecular weight is 568 g/mol. The normalized spacial score (nSPS) is 13.8. The third-order valence-corrected chi connectivity index (χ3v) is 8.39. The molecule has 0 aliphatic carbocycles. The van der Waals surface area contributed by atoms with Crippen LogP contribution in [-0.4, -0.2) is 57.8 Å². The summed E-state index contributed by atoms with van der Waals surface area (Å²) < 4.78 is 16.7. The number of piperazine rings is 1. The summed E-state index contributed by atoms with van der Waals surface area (Å²) in [6.07, 6.45) is 1.75. The summed E-state index contributed by atoms with van der Waals surface area (Å²) in [5, 5.41) is 4.32. The van der Waals surface area contributed by atoms with Gasteiger partial charge in [0, 0.05) is 66.2 Å². The van der Waals surface area contributed by atoms with Gasteiger partial charge in [-0.25, -0.2) is 9.37 Å². The summed E-state index contributed by atoms with van der Waals surface area (Å²) in [6, 6.07) is 16.7. The van der Waals surface area contributed by atoms with E-state index in [-0.39, 0.29) is 17.7 Å². The molecule has 1 aliphatic rings. The first-order chi connectivity index (χ1) is 19.8. The van der Waals surface area contributed by atoms with Crippen LogP contribution in [0.4, 0.5) is 15.8 Å². The van der Waals surface area contributed by atoms with Crippen molar-refractivity contribution in [1.29, 1.82) is 0 Å². The van der Waals surface area contributed by atoms with Gasteiger partial charge in [-0.05, 0) is 66.6 Å². The number of pyridine rings is 1. The molecule has 0 spiro atoms. The van der Waals surface area contributed by atoms with E-state index in [9.17, 15) is 9.59 Å². The molecule has 9 heteroatoms. The van der Waals surface area contributed by atoms with Crippen molar-refractivity contribution >= 4 is 55.6 Å². The molecular weight excluding hydrogens is 537 g/mol. The van der Waals surface area contributed by atoms with Crippen molar-refractivity contribution < 1.29 is 14.0 Å². The number of carbonyl (C=O) groups excluding carboxylic acids is 2. The zero-order valence-corrected chi connectivity index (χ0v) is 24.0. The Bertz CT molecular complexity index is 1790. The molecule has 1 fully saturated rings. The Morgan fingerprint density at radius 2 is 1.71 bits per heavy atom. The van der Waals surface area contributed by atoms with Crippen molar-refractivity contribution in [1.82, 2.24) is 19.8 Å². The van der Waals surface area contributed by atoms with Gasteiger partial charge in [-0.1, -0.05) is 19.9 Å². The number of fused-ring (bicyclic) bond motifs is 2. The first-order valence-corrected chi connectivity index (χ1v) is 14.5. The lowest BCUT2D eigenvalue weighted by atomic mass is 9.97. The Morgan fingerprint density at radius 3 is 2.49 bits per heavy atom. The maximum absolute atomic E-state index is 15.6. The Morgan fingerprint density at radius 1 is 0.927 bits per heavy atom. The van der Waals surface area contributed by atoms with Crippen molar-refractivity contribution in [3.05, 3.63) is 83.2 Å². The predicted octanol–water partition coefficient (Wildman–Crippen LogP) is 6.64. The molecule has 3 aromatic carbocycles. The molecule has 0 saturated carbocycles. The summed E-state index contributed by atoms with van der Waals surface area (Å²) in [7, 11) is 0. The van der Waals surface area contributed by atoms with Gasteiger partial charge in [-0.3, -0.25) is 14.6 Å². The van der Waals surface area contributed by atoms with E-state index < -0.39 is 5.82 Å². The summed E-state index contributed by atoms with van der Waals surface area (Å²) in [5.74, 6) is -0.657. The largest absolute Gasteiger partial charge is 0.355 e. The number of rotatable bonds is 5. The Labute approximate surface area is 241 Å². The minimum Gasteiger partial charge on any atom is -0.355 e. The van der Waals surface area contributed by atoms with Crippen LogP contribution in [0.1, 0.15) is 29.8 Å². The van der Waals surface area contributed by atoms with Crippen LogP contribution in [-0.2, 0) is 4.79 Å². The number of nitrogens with zero attached hydrogens (tertiary/aromatic N) is 4. The van der Waals surface area contributed by atoms with Gasteiger partial charge in [0.25, 0.3) is 5.91 Å². The molecule has 6 rings (SSSR count). The molecule has 7 nitrogen and oxygen atoms in total. The third-order valence-electron chi connectivity index (χ3n) is 7.58. The molecule has 208 valence electrons. The van der Waals surface area contributed by atoms with E-state index in [1.807, 2.05) is 68.7 Å². The number of thiazole rings is 1. The molecule has 0 bridgehead atoms. The van der Waals surface area contributed by atoms with Gasteiger partial charge in [0.15, 0.2) is 0 Å². The minimum atomic E-state index is -0.459. The van der Waals surface area contributed by atoms with Crippen LogP contribution in [0.5, 0.6) is 0 Å². The summed E-state index contributed by atoms with van der Waals surface area (Å²) >= 11 is 1.60. The number of amides is 2. The zero-order valence-electron chi connectivity index (χ0n) is 23.1. The lowest BCUT2D eigenvalue weighted by molar-refractivity contribution is -0.135. The molecule has 2 aromatic heterocycles. The summed E-state index contributed by atoms with van der Waals surface area (Å²) in [5.41, 5.74) is 7.46. The molecular formula is C32H30FN5O2S. The van der Waals surface area contributed by atoms with E-state index in [0.717, 1.165) is 32.5 Å². The van der Waals surface area contributed by atoms with Crippen molar-refractivity contribution in [3.8, 4) is 11.1 Å². The first-order valence-electron chi connectivity index (χ1n) is 13.7. The fourth-order valence-electron chi connectivity index (χ4n) is 5.31. The molecule has 5 aromatic rings. The lowest BCUT2D eigenvalue weighted by Crippen LogP contribution is -2.51. The SMILES string of the molecule is Cc1cc(-c2ccc3nccc(Nc4ccc5scnc5c4)c3c2)c(F)cc1C(=O)N1CCN(C(=O)C(C)C)CC1. The molecule has 1 N–H and O–H groups in total. The highest BCUT2D eigenvalue weighted by Gasteiger charge is 2.27. The smallest absolute Gasteiger partial charge is 0.254 e. The number of aromatic nitrogens is 2. The van der Waals surface area contributed by atoms with E-state index in [4.69, 9.17) is 0 Å². The number of nitrogens with one attached hydrogen (secondary N) is 1. The summed E-state index contributed by atoms with van der Waals surface area (Å²) in [4.78, 5) is 38.0. The van der Waals surface area contributed by atoms with Gasteiger partial charge in [-0.2, -0.15) is 0 Å². The molecule has 0 unspecified atom stereocenters. The van der Waals surface area contributed by atoms with Gasteiger partial charge in [0.05, 0.1) is 21.2 Å². The van der Waals surface area contributed by atoms with E-state index in [1.165, 1.54) is 6.07 Å². The summed E-state index contributed by atoms with van der Waals surface area (Å²) in [6.45, 7) is 7.42. The highest BCUT2D eigenvalue weighted by Crippen LogP contribution is 2.33. The quantitative estimate of drug-likeness (QED) is 0.258. The Balaban J connectivity index is 1.26. The third kappa shape index (κ3) is 5.25. The van der Waals surface area contributed by atoms with Gasteiger partial charge in [-0.15, -0.1) is 11.3 Å². The fraction of sp³-hybridized carbons (Fsp3) is 0.250. The molecule has 0 atom stereocenters. The monoisotopic (exact) mass is 567 g/mol. The van der Waals surface area contributed by atoms with Crippen LogP contribution in [0.15, 0.2) is 66.3 Å².